The van der Waals surface area contributed by atoms with E-state index in [0.717, 1.165) is 38.5 Å². The van der Waals surface area contributed by atoms with Crippen LogP contribution in [0, 0.1) is 11.8 Å². The van der Waals surface area contributed by atoms with Crippen LogP contribution in [0.1, 0.15) is 168 Å². The van der Waals surface area contributed by atoms with Gasteiger partial charge in [-0.2, -0.15) is 0 Å². The highest BCUT2D eigenvalue weighted by atomic mass is 31.2. The lowest BCUT2D eigenvalue weighted by molar-refractivity contribution is -0.161. The number of allylic oxidation sites excluding steroid dienone is 3. The maximum atomic E-state index is 12.4. The quantitative estimate of drug-likeness (QED) is 0.0218. The lowest BCUT2D eigenvalue weighted by Gasteiger charge is -2.18. The molecule has 1 rings (SSSR count). The highest BCUT2D eigenvalue weighted by Crippen LogP contribution is 2.36. The molecule has 1 fully saturated rings. The van der Waals surface area contributed by atoms with Gasteiger partial charge in [0.25, 0.3) is 0 Å². The molecule has 0 aliphatic heterocycles. The molecule has 52 heavy (non-hydrogen) atoms. The number of rotatable bonds is 33. The van der Waals surface area contributed by atoms with Crippen LogP contribution < -0.4 is 0 Å². The minimum atomic E-state index is -4.81. The van der Waals surface area contributed by atoms with Crippen molar-refractivity contribution in [3.8, 4) is 0 Å². The van der Waals surface area contributed by atoms with Gasteiger partial charge in [0, 0.05) is 31.1 Å². The smallest absolute Gasteiger partial charge is 0.462 e. The van der Waals surface area contributed by atoms with Crippen molar-refractivity contribution in [3.05, 3.63) is 24.3 Å². The summed E-state index contributed by atoms with van der Waals surface area (Å²) in [7, 11) is -4.81. The molecule has 0 spiro atoms. The van der Waals surface area contributed by atoms with Crippen molar-refractivity contribution in [3.63, 3.8) is 0 Å². The number of aliphatic hydroxyl groups is 2. The summed E-state index contributed by atoms with van der Waals surface area (Å²) in [5.41, 5.74) is 0. The van der Waals surface area contributed by atoms with Gasteiger partial charge in [-0.25, -0.2) is 4.57 Å². The highest BCUT2D eigenvalue weighted by Gasteiger charge is 2.39. The standard InChI is InChI=1S/C40H71O11P/c1-3-5-7-8-9-10-11-12-13-14-15-16-17-23-27-40(45)51-34(32-50-52(46,47)48)31-49-39(44)26-22-19-18-21-25-35-36(38(43)30-37(35)42)29-28-33(41)24-20-6-4-2/h18,21,28-29,33-37,41-42H,3-17,19-20,22-27,30-32H2,1-2H3,(H2,46,47,48)/b21-18-,29-28+/t33-,34+,35+,36+,37-/m0/s1. The molecule has 302 valence electrons. The van der Waals surface area contributed by atoms with Gasteiger partial charge < -0.3 is 29.5 Å². The van der Waals surface area contributed by atoms with Crippen molar-refractivity contribution in [1.29, 1.82) is 0 Å². The molecular weight excluding hydrogens is 687 g/mol. The number of carbonyl (C=O) groups is 3. The Kier molecular flexibility index (Phi) is 28.2. The van der Waals surface area contributed by atoms with Gasteiger partial charge >= 0.3 is 19.8 Å². The molecule has 4 N–H and O–H groups in total. The van der Waals surface area contributed by atoms with Gasteiger partial charge in [-0.05, 0) is 32.1 Å². The third-order valence-electron chi connectivity index (χ3n) is 9.60. The number of hydrogen-bond acceptors (Lipinski definition) is 9. The van der Waals surface area contributed by atoms with Gasteiger partial charge in [0.2, 0.25) is 0 Å². The molecule has 0 radical (unpaired) electrons. The Balaban J connectivity index is 2.31. The van der Waals surface area contributed by atoms with Crippen LogP contribution in [0.5, 0.6) is 0 Å². The fraction of sp³-hybridized carbons (Fsp3) is 0.825. The molecule has 11 nitrogen and oxygen atoms in total. The monoisotopic (exact) mass is 758 g/mol. The molecule has 12 heteroatoms. The number of unbranched alkanes of at least 4 members (excludes halogenated alkanes) is 16. The van der Waals surface area contributed by atoms with Gasteiger partial charge in [-0.1, -0.05) is 141 Å². The minimum absolute atomic E-state index is 0.0318. The van der Waals surface area contributed by atoms with E-state index in [0.29, 0.717) is 32.1 Å². The van der Waals surface area contributed by atoms with Crippen LogP contribution in [0.25, 0.3) is 0 Å². The molecule has 1 aliphatic rings. The SMILES string of the molecule is CCCCCCCCCCCCCCCCC(=O)O[C@H](COC(=O)CCC/C=C\C[C@H]1[C@@H](O)CC(=O)[C@@H]1/C=C/[C@@H](O)CCCCC)COP(=O)(O)O. The van der Waals surface area contributed by atoms with E-state index in [1.165, 1.54) is 64.2 Å². The van der Waals surface area contributed by atoms with Crippen molar-refractivity contribution in [2.45, 2.75) is 186 Å². The van der Waals surface area contributed by atoms with Crippen molar-refractivity contribution < 1.29 is 52.9 Å². The molecule has 1 aliphatic carbocycles. The summed E-state index contributed by atoms with van der Waals surface area (Å²) in [5, 5.41) is 20.6. The Hall–Kier alpha value is -1.88. The molecule has 0 unspecified atom stereocenters. The predicted molar refractivity (Wildman–Crippen MR) is 203 cm³/mol. The predicted octanol–water partition coefficient (Wildman–Crippen LogP) is 8.60. The Morgan fingerprint density at radius 2 is 1.35 bits per heavy atom. The number of esters is 2. The molecule has 5 atom stereocenters. The molecule has 0 amide bonds. The molecule has 1 saturated carbocycles. The highest BCUT2D eigenvalue weighted by molar-refractivity contribution is 7.46. The molecule has 0 aromatic rings. The van der Waals surface area contributed by atoms with Crippen LogP contribution >= 0.6 is 7.82 Å². The first kappa shape index (κ1) is 48.1. The van der Waals surface area contributed by atoms with E-state index in [-0.39, 0.29) is 37.6 Å². The third kappa shape index (κ3) is 26.0. The number of ketones is 1. The molecule has 0 aromatic carbocycles. The number of carbonyl (C=O) groups excluding carboxylic acids is 3. The van der Waals surface area contributed by atoms with Gasteiger partial charge in [-0.3, -0.25) is 18.9 Å². The molecule has 0 saturated heterocycles. The summed E-state index contributed by atoms with van der Waals surface area (Å²) in [4.78, 5) is 55.4. The first-order valence-corrected chi connectivity index (χ1v) is 21.8. The normalized spacial score (nSPS) is 19.1. The number of hydrogen-bond donors (Lipinski definition) is 4. The van der Waals surface area contributed by atoms with E-state index in [4.69, 9.17) is 19.3 Å². The van der Waals surface area contributed by atoms with E-state index in [9.17, 15) is 29.2 Å². The summed E-state index contributed by atoms with van der Waals surface area (Å²) < 4.78 is 26.3. The second kappa shape index (κ2) is 30.4. The van der Waals surface area contributed by atoms with Gasteiger partial charge in [0.1, 0.15) is 12.4 Å². The number of aliphatic hydroxyl groups excluding tert-OH is 2. The van der Waals surface area contributed by atoms with Gasteiger partial charge in [0.15, 0.2) is 6.10 Å². The van der Waals surface area contributed by atoms with Crippen LogP contribution in [0.4, 0.5) is 0 Å². The number of phosphoric acid groups is 1. The maximum Gasteiger partial charge on any atom is 0.469 e. The van der Waals surface area contributed by atoms with Crippen molar-refractivity contribution in [2.75, 3.05) is 13.2 Å². The first-order chi connectivity index (χ1) is 25.0. The largest absolute Gasteiger partial charge is 0.469 e. The Labute approximate surface area is 313 Å². The number of ether oxygens (including phenoxy) is 2. The third-order valence-corrected chi connectivity index (χ3v) is 10.1. The van der Waals surface area contributed by atoms with Crippen LogP contribution in [0.3, 0.4) is 0 Å². The van der Waals surface area contributed by atoms with E-state index in [1.807, 2.05) is 12.2 Å². The zero-order valence-corrected chi connectivity index (χ0v) is 33.1. The lowest BCUT2D eigenvalue weighted by Crippen LogP contribution is -2.29. The molecule has 0 aromatic heterocycles. The van der Waals surface area contributed by atoms with Gasteiger partial charge in [-0.15, -0.1) is 0 Å². The lowest BCUT2D eigenvalue weighted by atomic mass is 9.90. The average Bonchev–Trinajstić information content (AvgIpc) is 3.37. The zero-order chi connectivity index (χ0) is 38.5. The average molecular weight is 759 g/mol. The summed E-state index contributed by atoms with van der Waals surface area (Å²) in [6, 6.07) is 0. The summed E-state index contributed by atoms with van der Waals surface area (Å²) in [5.74, 6) is -1.81. The second-order valence-electron chi connectivity index (χ2n) is 14.4. The van der Waals surface area contributed by atoms with Gasteiger partial charge in [0.05, 0.1) is 18.8 Å². The first-order valence-electron chi connectivity index (χ1n) is 20.2. The summed E-state index contributed by atoms with van der Waals surface area (Å²) in [6.45, 7) is 3.35. The topological polar surface area (TPSA) is 177 Å². The molecule has 0 bridgehead atoms. The molecule has 0 heterocycles. The number of phosphoric ester groups is 1. The van der Waals surface area contributed by atoms with Crippen LogP contribution in [-0.4, -0.2) is 69.2 Å². The Morgan fingerprint density at radius 1 is 0.788 bits per heavy atom. The second-order valence-corrected chi connectivity index (χ2v) is 15.6. The van der Waals surface area contributed by atoms with Crippen LogP contribution in [-0.2, 0) is 32.9 Å². The Bertz CT molecular complexity index is 1060. The summed E-state index contributed by atoms with van der Waals surface area (Å²) >= 11 is 0. The van der Waals surface area contributed by atoms with Crippen molar-refractivity contribution >= 4 is 25.5 Å². The van der Waals surface area contributed by atoms with Crippen molar-refractivity contribution in [2.24, 2.45) is 11.8 Å². The van der Waals surface area contributed by atoms with E-state index in [2.05, 4.69) is 18.4 Å². The van der Waals surface area contributed by atoms with Crippen molar-refractivity contribution in [1.82, 2.24) is 0 Å². The summed E-state index contributed by atoms with van der Waals surface area (Å²) in [6.07, 6.45) is 26.9. The van der Waals surface area contributed by atoms with Crippen LogP contribution in [0.2, 0.25) is 0 Å². The maximum absolute atomic E-state index is 12.4. The Morgan fingerprint density at radius 3 is 1.94 bits per heavy atom. The van der Waals surface area contributed by atoms with E-state index in [1.54, 1.807) is 12.2 Å². The van der Waals surface area contributed by atoms with Crippen LogP contribution in [0.15, 0.2) is 24.3 Å². The molecular formula is C40H71O11P. The zero-order valence-electron chi connectivity index (χ0n) is 32.2. The van der Waals surface area contributed by atoms with E-state index >= 15 is 0 Å². The fourth-order valence-electron chi connectivity index (χ4n) is 6.47. The minimum Gasteiger partial charge on any atom is -0.462 e. The number of Topliss-reactive ketones (excluding diaryl/α,β-unsaturated/α-hetero) is 1. The van der Waals surface area contributed by atoms with E-state index < -0.39 is 50.6 Å². The fourth-order valence-corrected chi connectivity index (χ4v) is 6.83.